The topological polar surface area (TPSA) is 63.1 Å². The van der Waals surface area contributed by atoms with Crippen LogP contribution < -0.4 is 5.32 Å². The highest BCUT2D eigenvalue weighted by Gasteiger charge is 2.25. The van der Waals surface area contributed by atoms with Gasteiger partial charge in [-0.25, -0.2) is 4.79 Å². The Morgan fingerprint density at radius 2 is 2.25 bits per heavy atom. The van der Waals surface area contributed by atoms with Gasteiger partial charge in [0, 0.05) is 31.1 Å². The molecular formula is C17H23N5OS. The Balaban J connectivity index is 1.65. The van der Waals surface area contributed by atoms with E-state index in [4.69, 9.17) is 0 Å². The van der Waals surface area contributed by atoms with Crippen LogP contribution in [0, 0.1) is 0 Å². The Labute approximate surface area is 146 Å². The van der Waals surface area contributed by atoms with E-state index in [0.717, 1.165) is 29.2 Å². The van der Waals surface area contributed by atoms with Gasteiger partial charge in [-0.05, 0) is 43.9 Å². The van der Waals surface area contributed by atoms with Gasteiger partial charge in [-0.1, -0.05) is 23.9 Å². The second kappa shape index (κ2) is 7.25. The monoisotopic (exact) mass is 345 g/mol. The molecule has 1 atom stereocenters. The van der Waals surface area contributed by atoms with E-state index in [1.54, 1.807) is 18.1 Å². The molecule has 0 saturated heterocycles. The third-order valence-electron chi connectivity index (χ3n) is 4.50. The molecule has 0 bridgehead atoms. The van der Waals surface area contributed by atoms with Crippen LogP contribution >= 0.6 is 11.8 Å². The summed E-state index contributed by atoms with van der Waals surface area (Å²) in [6, 6.07) is 8.35. The Morgan fingerprint density at radius 3 is 2.88 bits per heavy atom. The van der Waals surface area contributed by atoms with Crippen molar-refractivity contribution in [1.82, 2.24) is 19.7 Å². The molecule has 1 aliphatic rings. The van der Waals surface area contributed by atoms with E-state index in [9.17, 15) is 4.79 Å². The van der Waals surface area contributed by atoms with Gasteiger partial charge in [-0.2, -0.15) is 0 Å². The molecule has 1 aromatic heterocycles. The molecular weight excluding hydrogens is 322 g/mol. The summed E-state index contributed by atoms with van der Waals surface area (Å²) in [5.41, 5.74) is 1.97. The molecule has 0 aliphatic heterocycles. The van der Waals surface area contributed by atoms with Crippen molar-refractivity contribution in [3.8, 4) is 0 Å². The average molecular weight is 345 g/mol. The molecule has 0 spiro atoms. The largest absolute Gasteiger partial charge is 0.325 e. The van der Waals surface area contributed by atoms with Crippen molar-refractivity contribution in [2.24, 2.45) is 7.05 Å². The lowest BCUT2D eigenvalue weighted by Gasteiger charge is -2.34. The molecule has 1 unspecified atom stereocenters. The molecule has 3 rings (SSSR count). The fourth-order valence-electron chi connectivity index (χ4n) is 2.63. The maximum Gasteiger partial charge on any atom is 0.321 e. The highest BCUT2D eigenvalue weighted by molar-refractivity contribution is 7.99. The lowest BCUT2D eigenvalue weighted by molar-refractivity contribution is 0.169. The molecule has 1 fully saturated rings. The fourth-order valence-corrected chi connectivity index (χ4v) is 3.53. The second-order valence-corrected chi connectivity index (χ2v) is 7.54. The first-order valence-electron chi connectivity index (χ1n) is 8.19. The van der Waals surface area contributed by atoms with Crippen molar-refractivity contribution in [3.05, 3.63) is 36.2 Å². The number of aromatic nitrogens is 3. The summed E-state index contributed by atoms with van der Waals surface area (Å²) in [4.78, 5) is 14.1. The number of rotatable bonds is 5. The smallest absolute Gasteiger partial charge is 0.321 e. The molecule has 1 saturated carbocycles. The Hall–Kier alpha value is -2.02. The van der Waals surface area contributed by atoms with Crippen LogP contribution in [0.4, 0.5) is 10.5 Å². The normalized spacial score (nSPS) is 15.6. The lowest BCUT2D eigenvalue weighted by Crippen LogP contribution is -2.43. The highest BCUT2D eigenvalue weighted by atomic mass is 32.2. The van der Waals surface area contributed by atoms with Gasteiger partial charge in [0.05, 0.1) is 0 Å². The fraction of sp³-hybridized carbons (Fsp3) is 0.471. The van der Waals surface area contributed by atoms with Crippen LogP contribution in [0.25, 0.3) is 0 Å². The minimum absolute atomic E-state index is 0.0366. The number of carbonyl (C=O) groups excluding carboxylic acids is 1. The van der Waals surface area contributed by atoms with Crippen LogP contribution in [0.2, 0.25) is 0 Å². The zero-order chi connectivity index (χ0) is 17.1. The number of hydrogen-bond acceptors (Lipinski definition) is 4. The summed E-state index contributed by atoms with van der Waals surface area (Å²) in [6.07, 6.45) is 5.13. The second-order valence-electron chi connectivity index (χ2n) is 6.24. The SMILES string of the molecule is CC(Sc1nncn1C)c1cccc(NC(=O)N(C)C2CCC2)c1. The molecule has 1 heterocycles. The zero-order valence-corrected chi connectivity index (χ0v) is 15.1. The Morgan fingerprint density at radius 1 is 1.46 bits per heavy atom. The van der Waals surface area contributed by atoms with Crippen LogP contribution in [0.1, 0.15) is 37.0 Å². The summed E-state index contributed by atoms with van der Waals surface area (Å²) in [5, 5.41) is 12.1. The molecule has 1 aromatic carbocycles. The number of nitrogens with zero attached hydrogens (tertiary/aromatic N) is 4. The van der Waals surface area contributed by atoms with Crippen LogP contribution in [-0.2, 0) is 7.05 Å². The van der Waals surface area contributed by atoms with Gasteiger partial charge in [0.15, 0.2) is 5.16 Å². The Kier molecular flexibility index (Phi) is 5.08. The first-order chi connectivity index (χ1) is 11.5. The van der Waals surface area contributed by atoms with Crippen molar-refractivity contribution < 1.29 is 4.79 Å². The van der Waals surface area contributed by atoms with Gasteiger partial charge in [0.25, 0.3) is 0 Å². The summed E-state index contributed by atoms with van der Waals surface area (Å²) < 4.78 is 1.90. The number of nitrogens with one attached hydrogen (secondary N) is 1. The first-order valence-corrected chi connectivity index (χ1v) is 9.07. The summed E-state index contributed by atoms with van der Waals surface area (Å²) in [7, 11) is 3.80. The summed E-state index contributed by atoms with van der Waals surface area (Å²) >= 11 is 1.65. The molecule has 1 aliphatic carbocycles. The standard InChI is InChI=1S/C17H23N5OS/c1-12(24-17-20-18-11-21(17)2)13-6-4-7-14(10-13)19-16(23)22(3)15-8-5-9-15/h4,6-7,10-12,15H,5,8-9H2,1-3H3,(H,19,23). The number of benzene rings is 1. The van der Waals surface area contributed by atoms with E-state index in [-0.39, 0.29) is 11.3 Å². The zero-order valence-electron chi connectivity index (χ0n) is 14.3. The van der Waals surface area contributed by atoms with Crippen molar-refractivity contribution >= 4 is 23.5 Å². The molecule has 2 amide bonds. The van der Waals surface area contributed by atoms with Crippen LogP contribution in [0.5, 0.6) is 0 Å². The third kappa shape index (κ3) is 3.72. The molecule has 6 nitrogen and oxygen atoms in total. The van der Waals surface area contributed by atoms with Gasteiger partial charge in [-0.3, -0.25) is 0 Å². The van der Waals surface area contributed by atoms with Gasteiger partial charge in [0.2, 0.25) is 0 Å². The van der Waals surface area contributed by atoms with Crippen LogP contribution in [0.15, 0.2) is 35.7 Å². The van der Waals surface area contributed by atoms with Gasteiger partial charge < -0.3 is 14.8 Å². The summed E-state index contributed by atoms with van der Waals surface area (Å²) in [6.45, 7) is 2.13. The number of urea groups is 1. The number of anilines is 1. The molecule has 128 valence electrons. The van der Waals surface area contributed by atoms with Crippen molar-refractivity contribution in [1.29, 1.82) is 0 Å². The Bertz CT molecular complexity index is 713. The summed E-state index contributed by atoms with van der Waals surface area (Å²) in [5.74, 6) is 0. The van der Waals surface area contributed by atoms with E-state index in [0.29, 0.717) is 6.04 Å². The number of hydrogen-bond donors (Lipinski definition) is 1. The van der Waals surface area contributed by atoms with Crippen molar-refractivity contribution in [3.63, 3.8) is 0 Å². The number of carbonyl (C=O) groups is 1. The van der Waals surface area contributed by atoms with Gasteiger partial charge in [-0.15, -0.1) is 10.2 Å². The highest BCUT2D eigenvalue weighted by Crippen LogP contribution is 2.34. The van der Waals surface area contributed by atoms with Crippen LogP contribution in [-0.4, -0.2) is 38.8 Å². The number of amides is 2. The lowest BCUT2D eigenvalue weighted by atomic mass is 9.92. The quantitative estimate of drug-likeness (QED) is 0.840. The molecule has 0 radical (unpaired) electrons. The average Bonchev–Trinajstić information content (AvgIpc) is 2.91. The minimum atomic E-state index is -0.0366. The van der Waals surface area contributed by atoms with Gasteiger partial charge >= 0.3 is 6.03 Å². The first kappa shape index (κ1) is 16.8. The van der Waals surface area contributed by atoms with E-state index < -0.39 is 0 Å². The van der Waals surface area contributed by atoms with Crippen molar-refractivity contribution in [2.75, 3.05) is 12.4 Å². The van der Waals surface area contributed by atoms with E-state index in [2.05, 4.69) is 28.5 Å². The van der Waals surface area contributed by atoms with Crippen LogP contribution in [0.3, 0.4) is 0 Å². The minimum Gasteiger partial charge on any atom is -0.325 e. The van der Waals surface area contributed by atoms with E-state index in [1.165, 1.54) is 6.42 Å². The molecule has 2 aromatic rings. The predicted octanol–water partition coefficient (Wildman–Crippen LogP) is 3.68. The maximum atomic E-state index is 12.3. The van der Waals surface area contributed by atoms with Gasteiger partial charge in [0.1, 0.15) is 6.33 Å². The predicted molar refractivity (Wildman–Crippen MR) is 96.1 cm³/mol. The third-order valence-corrected chi connectivity index (χ3v) is 5.71. The number of aryl methyl sites for hydroxylation is 1. The molecule has 7 heteroatoms. The molecule has 24 heavy (non-hydrogen) atoms. The maximum absolute atomic E-state index is 12.3. The molecule has 1 N–H and O–H groups in total. The van der Waals surface area contributed by atoms with Crippen molar-refractivity contribution in [2.45, 2.75) is 42.6 Å². The van der Waals surface area contributed by atoms with E-state index in [1.807, 2.05) is 41.8 Å². The number of thioether (sulfide) groups is 1. The van der Waals surface area contributed by atoms with E-state index >= 15 is 0 Å².